The fourth-order valence-corrected chi connectivity index (χ4v) is 1.91. The molecule has 3 N–H and O–H groups in total. The number of anilines is 1. The van der Waals surface area contributed by atoms with Crippen molar-refractivity contribution in [3.8, 4) is 6.07 Å². The molecule has 0 saturated heterocycles. The molecule has 0 aliphatic rings. The van der Waals surface area contributed by atoms with Gasteiger partial charge in [-0.25, -0.2) is 5.10 Å². The van der Waals surface area contributed by atoms with Gasteiger partial charge in [0.2, 0.25) is 11.1 Å². The van der Waals surface area contributed by atoms with Crippen LogP contribution in [-0.2, 0) is 5.75 Å². The Kier molecular flexibility index (Phi) is 3.08. The van der Waals surface area contributed by atoms with E-state index < -0.39 is 0 Å². The first-order valence-electron chi connectivity index (χ1n) is 4.57. The molecule has 0 aliphatic heterocycles. The van der Waals surface area contributed by atoms with Crippen molar-refractivity contribution in [1.29, 1.82) is 5.26 Å². The van der Waals surface area contributed by atoms with Gasteiger partial charge in [-0.15, -0.1) is 5.10 Å². The van der Waals surface area contributed by atoms with Crippen LogP contribution in [0.4, 0.5) is 5.95 Å². The maximum absolute atomic E-state index is 8.65. The predicted molar refractivity (Wildman–Crippen MR) is 61.5 cm³/mol. The second kappa shape index (κ2) is 4.68. The highest BCUT2D eigenvalue weighted by Gasteiger charge is 2.01. The molecule has 0 saturated carbocycles. The van der Waals surface area contributed by atoms with Crippen LogP contribution in [0.2, 0.25) is 0 Å². The molecule has 5 nitrogen and oxygen atoms in total. The van der Waals surface area contributed by atoms with Crippen LogP contribution in [0, 0.1) is 11.3 Å². The molecule has 0 amide bonds. The quantitative estimate of drug-likeness (QED) is 0.782. The number of thioether (sulfide) groups is 1. The Balaban J connectivity index is 1.97. The molecule has 80 valence electrons. The zero-order valence-electron chi connectivity index (χ0n) is 8.34. The lowest BCUT2D eigenvalue weighted by atomic mass is 10.2. The van der Waals surface area contributed by atoms with E-state index in [9.17, 15) is 0 Å². The fraction of sp³-hybridized carbons (Fsp3) is 0.100. The van der Waals surface area contributed by atoms with E-state index in [0.717, 1.165) is 11.3 Å². The first-order valence-corrected chi connectivity index (χ1v) is 5.56. The average molecular weight is 231 g/mol. The summed E-state index contributed by atoms with van der Waals surface area (Å²) >= 11 is 1.49. The monoisotopic (exact) mass is 231 g/mol. The molecular weight excluding hydrogens is 222 g/mol. The van der Waals surface area contributed by atoms with Crippen LogP contribution < -0.4 is 5.73 Å². The average Bonchev–Trinajstić information content (AvgIpc) is 2.73. The van der Waals surface area contributed by atoms with Crippen molar-refractivity contribution in [2.45, 2.75) is 10.9 Å². The van der Waals surface area contributed by atoms with Crippen molar-refractivity contribution in [3.05, 3.63) is 35.4 Å². The summed E-state index contributed by atoms with van der Waals surface area (Å²) in [7, 11) is 0. The van der Waals surface area contributed by atoms with Crippen molar-refractivity contribution in [2.75, 3.05) is 5.73 Å². The molecule has 16 heavy (non-hydrogen) atoms. The Morgan fingerprint density at radius 2 is 2.12 bits per heavy atom. The van der Waals surface area contributed by atoms with Gasteiger partial charge in [0.15, 0.2) is 0 Å². The summed E-state index contributed by atoms with van der Waals surface area (Å²) in [5, 5.41) is 15.8. The van der Waals surface area contributed by atoms with E-state index in [-0.39, 0.29) is 0 Å². The van der Waals surface area contributed by atoms with Crippen LogP contribution in [0.1, 0.15) is 11.1 Å². The zero-order valence-corrected chi connectivity index (χ0v) is 9.16. The molecule has 0 aliphatic carbocycles. The maximum Gasteiger partial charge on any atom is 0.216 e. The Morgan fingerprint density at radius 1 is 1.38 bits per heavy atom. The van der Waals surface area contributed by atoms with Crippen LogP contribution in [0.3, 0.4) is 0 Å². The molecule has 0 radical (unpaired) electrons. The molecule has 2 aromatic rings. The maximum atomic E-state index is 8.65. The second-order valence-corrected chi connectivity index (χ2v) is 4.04. The Labute approximate surface area is 96.7 Å². The van der Waals surface area contributed by atoms with Gasteiger partial charge in [0.05, 0.1) is 11.6 Å². The van der Waals surface area contributed by atoms with Crippen LogP contribution in [0.5, 0.6) is 0 Å². The largest absolute Gasteiger partial charge is 0.368 e. The number of H-pyrrole nitrogens is 1. The summed E-state index contributed by atoms with van der Waals surface area (Å²) in [4.78, 5) is 3.98. The van der Waals surface area contributed by atoms with E-state index in [1.165, 1.54) is 11.8 Å². The van der Waals surface area contributed by atoms with Crippen LogP contribution in [0.15, 0.2) is 29.4 Å². The number of benzene rings is 1. The standard InChI is InChI=1S/C10H9N5S/c11-5-7-1-3-8(4-2-7)6-16-10-13-9(12)14-15-10/h1-4H,6H2,(H3,12,13,14,15). The molecule has 0 unspecified atom stereocenters. The van der Waals surface area contributed by atoms with E-state index >= 15 is 0 Å². The van der Waals surface area contributed by atoms with Gasteiger partial charge in [0.1, 0.15) is 0 Å². The summed E-state index contributed by atoms with van der Waals surface area (Å²) in [5.41, 5.74) is 7.19. The molecule has 0 fully saturated rings. The SMILES string of the molecule is N#Cc1ccc(CSc2n[nH]c(N)n2)cc1. The number of nitrogens with two attached hydrogens (primary N) is 1. The Bertz CT molecular complexity index is 511. The van der Waals surface area contributed by atoms with Crippen molar-refractivity contribution in [1.82, 2.24) is 15.2 Å². The number of hydrogen-bond acceptors (Lipinski definition) is 5. The lowest BCUT2D eigenvalue weighted by molar-refractivity contribution is 0.973. The molecule has 0 atom stereocenters. The molecule has 1 aromatic heterocycles. The number of aromatic nitrogens is 3. The molecular formula is C10H9N5S. The minimum absolute atomic E-state index is 0.322. The summed E-state index contributed by atoms with van der Waals surface area (Å²) < 4.78 is 0. The van der Waals surface area contributed by atoms with Crippen LogP contribution in [-0.4, -0.2) is 15.2 Å². The normalized spacial score (nSPS) is 9.94. The third kappa shape index (κ3) is 2.52. The number of rotatable bonds is 3. The smallest absolute Gasteiger partial charge is 0.216 e. The number of nitrogens with one attached hydrogen (secondary N) is 1. The minimum Gasteiger partial charge on any atom is -0.368 e. The number of nitriles is 1. The highest BCUT2D eigenvalue weighted by Crippen LogP contribution is 2.19. The van der Waals surface area contributed by atoms with E-state index in [0.29, 0.717) is 16.7 Å². The summed E-state index contributed by atoms with van der Waals surface area (Å²) in [6, 6.07) is 9.50. The number of aromatic amines is 1. The third-order valence-electron chi connectivity index (χ3n) is 1.93. The van der Waals surface area contributed by atoms with Gasteiger partial charge in [-0.1, -0.05) is 23.9 Å². The van der Waals surface area contributed by atoms with Crippen LogP contribution >= 0.6 is 11.8 Å². The first kappa shape index (κ1) is 10.5. The number of nitrogens with zero attached hydrogens (tertiary/aromatic N) is 3. The lowest BCUT2D eigenvalue weighted by Crippen LogP contribution is -1.85. The van der Waals surface area contributed by atoms with Gasteiger partial charge in [0, 0.05) is 5.75 Å². The van der Waals surface area contributed by atoms with E-state index in [1.807, 2.05) is 12.1 Å². The molecule has 2 rings (SSSR count). The zero-order chi connectivity index (χ0) is 11.4. The minimum atomic E-state index is 0.322. The molecule has 0 bridgehead atoms. The Hall–Kier alpha value is -2.00. The topological polar surface area (TPSA) is 91.4 Å². The summed E-state index contributed by atoms with van der Waals surface area (Å²) in [6.07, 6.45) is 0. The van der Waals surface area contributed by atoms with Crippen LogP contribution in [0.25, 0.3) is 0 Å². The van der Waals surface area contributed by atoms with E-state index in [1.54, 1.807) is 12.1 Å². The lowest BCUT2D eigenvalue weighted by Gasteiger charge is -1.97. The van der Waals surface area contributed by atoms with Gasteiger partial charge in [-0.05, 0) is 17.7 Å². The van der Waals surface area contributed by atoms with Gasteiger partial charge in [0.25, 0.3) is 0 Å². The van der Waals surface area contributed by atoms with Gasteiger partial charge in [-0.3, -0.25) is 0 Å². The van der Waals surface area contributed by atoms with Crippen molar-refractivity contribution < 1.29 is 0 Å². The van der Waals surface area contributed by atoms with E-state index in [2.05, 4.69) is 21.3 Å². The third-order valence-corrected chi connectivity index (χ3v) is 2.85. The fourth-order valence-electron chi connectivity index (χ4n) is 1.15. The van der Waals surface area contributed by atoms with Gasteiger partial charge >= 0.3 is 0 Å². The van der Waals surface area contributed by atoms with E-state index in [4.69, 9.17) is 11.0 Å². The van der Waals surface area contributed by atoms with Gasteiger partial charge in [-0.2, -0.15) is 10.2 Å². The second-order valence-electron chi connectivity index (χ2n) is 3.10. The Morgan fingerprint density at radius 3 is 2.69 bits per heavy atom. The number of hydrogen-bond donors (Lipinski definition) is 2. The predicted octanol–water partition coefficient (Wildman–Crippen LogP) is 1.55. The summed E-state index contributed by atoms with van der Waals surface area (Å²) in [5.74, 6) is 1.07. The van der Waals surface area contributed by atoms with Crippen molar-refractivity contribution >= 4 is 17.7 Å². The van der Waals surface area contributed by atoms with Gasteiger partial charge < -0.3 is 5.73 Å². The highest BCUT2D eigenvalue weighted by atomic mass is 32.2. The van der Waals surface area contributed by atoms with Crippen molar-refractivity contribution in [3.63, 3.8) is 0 Å². The molecule has 0 spiro atoms. The first-order chi connectivity index (χ1) is 7.78. The molecule has 1 heterocycles. The molecule has 1 aromatic carbocycles. The summed E-state index contributed by atoms with van der Waals surface area (Å²) in [6.45, 7) is 0. The molecule has 6 heteroatoms. The highest BCUT2D eigenvalue weighted by molar-refractivity contribution is 7.98. The number of nitrogen functional groups attached to an aromatic ring is 1. The van der Waals surface area contributed by atoms with Crippen molar-refractivity contribution in [2.24, 2.45) is 0 Å².